The molecule has 0 aliphatic rings. The van der Waals surface area contributed by atoms with Crippen LogP contribution in [0.15, 0.2) is 146 Å². The second-order valence-electron chi connectivity index (χ2n) is 10.1. The Morgan fingerprint density at radius 3 is 0.694 bits per heavy atom. The van der Waals surface area contributed by atoms with E-state index in [1.807, 2.05) is 0 Å². The van der Waals surface area contributed by atoms with E-state index in [0.717, 1.165) is 0 Å². The molecule has 9 nitrogen and oxygen atoms in total. The molecule has 49 heavy (non-hydrogen) atoms. The SMILES string of the molecule is O=[PH](O)c1ccccc1-c1ccccc1O.O=[PH](O)c1ccccc1-c1ccccc1O.O=[PH](O)c1ccccc1-c1ccccc1O.[Al]. The Kier molecular flexibility index (Phi) is 15.3. The van der Waals surface area contributed by atoms with Crippen molar-refractivity contribution in [3.63, 3.8) is 0 Å². The van der Waals surface area contributed by atoms with Crippen molar-refractivity contribution in [1.82, 2.24) is 0 Å². The average Bonchev–Trinajstić information content (AvgIpc) is 3.09. The summed E-state index contributed by atoms with van der Waals surface area (Å²) in [4.78, 5) is 27.7. The number of aromatic hydroxyl groups is 3. The van der Waals surface area contributed by atoms with Crippen molar-refractivity contribution in [3.05, 3.63) is 146 Å². The van der Waals surface area contributed by atoms with Crippen LogP contribution >= 0.6 is 24.1 Å². The molecule has 0 saturated heterocycles. The Morgan fingerprint density at radius 2 is 0.490 bits per heavy atom. The van der Waals surface area contributed by atoms with E-state index in [0.29, 0.717) is 49.3 Å². The summed E-state index contributed by atoms with van der Waals surface area (Å²) in [5.74, 6) is 0.328. The lowest BCUT2D eigenvalue weighted by Gasteiger charge is -2.08. The summed E-state index contributed by atoms with van der Waals surface area (Å²) >= 11 is 0. The summed E-state index contributed by atoms with van der Waals surface area (Å²) in [6.07, 6.45) is 0. The number of benzene rings is 6. The minimum atomic E-state index is -2.77. The highest BCUT2D eigenvalue weighted by molar-refractivity contribution is 7.48. The minimum absolute atomic E-state index is 0. The molecule has 249 valence electrons. The van der Waals surface area contributed by atoms with Gasteiger partial charge in [-0.05, 0) is 53.1 Å². The van der Waals surface area contributed by atoms with Crippen molar-refractivity contribution < 1.29 is 43.7 Å². The number of phenols is 3. The van der Waals surface area contributed by atoms with E-state index in [1.165, 1.54) is 0 Å². The molecular formula is C36H33AlO9P3. The van der Waals surface area contributed by atoms with Gasteiger partial charge in [0.25, 0.3) is 0 Å². The first kappa shape index (κ1) is 39.3. The monoisotopic (exact) mass is 729 g/mol. The zero-order valence-electron chi connectivity index (χ0n) is 25.8. The predicted molar refractivity (Wildman–Crippen MR) is 199 cm³/mol. The first-order valence-corrected chi connectivity index (χ1v) is 18.5. The van der Waals surface area contributed by atoms with Crippen LogP contribution in [0.25, 0.3) is 33.4 Å². The fourth-order valence-electron chi connectivity index (χ4n) is 4.82. The maximum atomic E-state index is 11.2. The van der Waals surface area contributed by atoms with E-state index in [9.17, 15) is 43.7 Å². The van der Waals surface area contributed by atoms with Crippen molar-refractivity contribution in [2.75, 3.05) is 0 Å². The lowest BCUT2D eigenvalue weighted by molar-refractivity contribution is 0.477. The van der Waals surface area contributed by atoms with Crippen LogP contribution in [0.2, 0.25) is 0 Å². The Balaban J connectivity index is 0.000000197. The largest absolute Gasteiger partial charge is 0.507 e. The molecule has 0 fully saturated rings. The first-order chi connectivity index (χ1) is 23.1. The average molecular weight is 730 g/mol. The molecule has 0 saturated carbocycles. The Morgan fingerprint density at radius 1 is 0.306 bits per heavy atom. The van der Waals surface area contributed by atoms with Gasteiger partial charge in [0.05, 0.1) is 0 Å². The fraction of sp³-hybridized carbons (Fsp3) is 0. The summed E-state index contributed by atoms with van der Waals surface area (Å²) in [7, 11) is -8.30. The van der Waals surface area contributed by atoms with E-state index < -0.39 is 24.1 Å². The molecule has 0 aromatic heterocycles. The molecule has 6 rings (SSSR count). The highest BCUT2D eigenvalue weighted by atomic mass is 31.1. The standard InChI is InChI=1S/3C12H11O3P.Al/c3*13-11-7-3-1-5-9(11)10-6-2-4-8-12(10)16(14)15;/h3*1-8,13,16H,(H,14,15);. The normalized spacial score (nSPS) is 12.1. The zero-order valence-corrected chi connectivity index (χ0v) is 30.0. The van der Waals surface area contributed by atoms with Crippen LogP contribution in [-0.4, -0.2) is 47.4 Å². The van der Waals surface area contributed by atoms with Crippen molar-refractivity contribution in [3.8, 4) is 50.6 Å². The molecule has 0 bridgehead atoms. The van der Waals surface area contributed by atoms with Gasteiger partial charge in [-0.1, -0.05) is 109 Å². The van der Waals surface area contributed by atoms with Gasteiger partial charge < -0.3 is 30.0 Å². The third kappa shape index (κ3) is 10.4. The summed E-state index contributed by atoms with van der Waals surface area (Å²) in [5, 5.41) is 30.2. The van der Waals surface area contributed by atoms with E-state index in [1.54, 1.807) is 146 Å². The summed E-state index contributed by atoms with van der Waals surface area (Å²) in [6.45, 7) is 0. The van der Waals surface area contributed by atoms with Gasteiger partial charge in [-0.3, -0.25) is 13.7 Å². The smallest absolute Gasteiger partial charge is 0.218 e. The first-order valence-electron chi connectivity index (χ1n) is 14.4. The molecule has 0 aliphatic heterocycles. The van der Waals surface area contributed by atoms with Crippen molar-refractivity contribution in [2.24, 2.45) is 0 Å². The number of para-hydroxylation sites is 3. The van der Waals surface area contributed by atoms with E-state index in [2.05, 4.69) is 0 Å². The van der Waals surface area contributed by atoms with Crippen LogP contribution in [0.1, 0.15) is 0 Å². The zero-order chi connectivity index (χ0) is 34.6. The molecular weight excluding hydrogens is 696 g/mol. The van der Waals surface area contributed by atoms with Gasteiger partial charge in [-0.2, -0.15) is 0 Å². The van der Waals surface area contributed by atoms with Gasteiger partial charge >= 0.3 is 0 Å². The summed E-state index contributed by atoms with van der Waals surface area (Å²) in [5.41, 5.74) is 3.53. The fourth-order valence-corrected chi connectivity index (χ4v) is 6.88. The summed E-state index contributed by atoms with van der Waals surface area (Å²) in [6, 6.07) is 40.7. The van der Waals surface area contributed by atoms with Crippen LogP contribution in [0, 0.1) is 0 Å². The van der Waals surface area contributed by atoms with Crippen molar-refractivity contribution in [1.29, 1.82) is 0 Å². The number of phenolic OH excluding ortho intramolecular Hbond substituents is 3. The molecule has 6 aromatic carbocycles. The molecule has 0 aliphatic carbocycles. The van der Waals surface area contributed by atoms with Gasteiger partial charge in [-0.25, -0.2) is 0 Å². The van der Waals surface area contributed by atoms with Crippen LogP contribution in [0.4, 0.5) is 0 Å². The molecule has 3 unspecified atom stereocenters. The number of hydrogen-bond donors (Lipinski definition) is 6. The number of hydrogen-bond acceptors (Lipinski definition) is 6. The summed E-state index contributed by atoms with van der Waals surface area (Å²) < 4.78 is 33.6. The maximum absolute atomic E-state index is 11.2. The molecule has 13 heteroatoms. The molecule has 3 radical (unpaired) electrons. The van der Waals surface area contributed by atoms with E-state index in [-0.39, 0.29) is 34.6 Å². The molecule has 6 aromatic rings. The van der Waals surface area contributed by atoms with E-state index in [4.69, 9.17) is 0 Å². The quantitative estimate of drug-likeness (QED) is 0.0879. The van der Waals surface area contributed by atoms with E-state index >= 15 is 0 Å². The molecule has 6 N–H and O–H groups in total. The van der Waals surface area contributed by atoms with Gasteiger partial charge in [0.2, 0.25) is 24.1 Å². The Labute approximate surface area is 296 Å². The third-order valence-corrected chi connectivity index (χ3v) is 9.75. The third-order valence-electron chi connectivity index (χ3n) is 7.06. The topological polar surface area (TPSA) is 173 Å². The van der Waals surface area contributed by atoms with Crippen LogP contribution in [0.3, 0.4) is 0 Å². The van der Waals surface area contributed by atoms with Gasteiger partial charge in [-0.15, -0.1) is 0 Å². The number of rotatable bonds is 6. The van der Waals surface area contributed by atoms with Crippen LogP contribution < -0.4 is 15.9 Å². The predicted octanol–water partition coefficient (Wildman–Crippen LogP) is 6.07. The van der Waals surface area contributed by atoms with Crippen molar-refractivity contribution >= 4 is 57.4 Å². The Hall–Kier alpha value is -4.18. The lowest BCUT2D eigenvalue weighted by atomic mass is 10.0. The Bertz CT molecular complexity index is 1850. The van der Waals surface area contributed by atoms with Crippen LogP contribution in [0.5, 0.6) is 17.2 Å². The van der Waals surface area contributed by atoms with Crippen LogP contribution in [-0.2, 0) is 13.7 Å². The van der Waals surface area contributed by atoms with Gasteiger partial charge in [0.1, 0.15) is 17.2 Å². The second kappa shape index (κ2) is 19.1. The van der Waals surface area contributed by atoms with Gasteiger partial charge in [0.15, 0.2) is 0 Å². The van der Waals surface area contributed by atoms with Gasteiger partial charge in [0, 0.05) is 50.0 Å². The minimum Gasteiger partial charge on any atom is -0.507 e. The molecule has 0 heterocycles. The molecule has 0 spiro atoms. The molecule has 0 amide bonds. The second-order valence-corrected chi connectivity index (χ2v) is 13.6. The lowest BCUT2D eigenvalue weighted by Crippen LogP contribution is -2.00. The van der Waals surface area contributed by atoms with Crippen molar-refractivity contribution in [2.45, 2.75) is 0 Å². The highest BCUT2D eigenvalue weighted by Gasteiger charge is 2.13. The highest BCUT2D eigenvalue weighted by Crippen LogP contribution is 2.33. The maximum Gasteiger partial charge on any atom is 0.218 e. The molecule has 3 atom stereocenters.